The minimum atomic E-state index is -0.413. The number of amides is 2. The average Bonchev–Trinajstić information content (AvgIpc) is 3.33. The van der Waals surface area contributed by atoms with Crippen molar-refractivity contribution in [3.63, 3.8) is 0 Å². The van der Waals surface area contributed by atoms with E-state index in [0.717, 1.165) is 37.7 Å². The summed E-state index contributed by atoms with van der Waals surface area (Å²) >= 11 is 6.12. The molecule has 2 fully saturated rings. The molecule has 0 unspecified atom stereocenters. The lowest BCUT2D eigenvalue weighted by molar-refractivity contribution is -0.186. The van der Waals surface area contributed by atoms with Crippen molar-refractivity contribution in [3.8, 4) is 0 Å². The average molecular weight is 343 g/mol. The standard InChI is InChI=1S/C16H20ClFN2O3/c17-13-9-11(18)4-5-12(13)16(6-7-16)10-19-15(21)20-23-14-3-1-2-8-22-14/h4-5,9,14H,1-3,6-8,10H2,(H2,19,20,21)/t14-/m0/s1. The van der Waals surface area contributed by atoms with Gasteiger partial charge < -0.3 is 10.1 Å². The minimum Gasteiger partial charge on any atom is -0.350 e. The van der Waals surface area contributed by atoms with E-state index >= 15 is 0 Å². The number of carbonyl (C=O) groups excluding carboxylic acids is 1. The Morgan fingerprint density at radius 1 is 1.43 bits per heavy atom. The summed E-state index contributed by atoms with van der Waals surface area (Å²) in [4.78, 5) is 17.1. The number of carbonyl (C=O) groups is 1. The van der Waals surface area contributed by atoms with Crippen molar-refractivity contribution < 1.29 is 18.8 Å². The molecular weight excluding hydrogens is 323 g/mol. The zero-order valence-corrected chi connectivity index (χ0v) is 13.5. The highest BCUT2D eigenvalue weighted by atomic mass is 35.5. The molecule has 0 aromatic heterocycles. The molecule has 1 aliphatic carbocycles. The molecule has 23 heavy (non-hydrogen) atoms. The van der Waals surface area contributed by atoms with Crippen molar-refractivity contribution in [1.29, 1.82) is 0 Å². The van der Waals surface area contributed by atoms with Gasteiger partial charge in [0, 0.05) is 30.0 Å². The van der Waals surface area contributed by atoms with Crippen molar-refractivity contribution in [3.05, 3.63) is 34.6 Å². The maximum atomic E-state index is 13.2. The van der Waals surface area contributed by atoms with Crippen molar-refractivity contribution in [2.24, 2.45) is 0 Å². The minimum absolute atomic E-state index is 0.205. The molecule has 3 rings (SSSR count). The second kappa shape index (κ2) is 7.03. The fraction of sp³-hybridized carbons (Fsp3) is 0.562. The second-order valence-corrected chi connectivity index (χ2v) is 6.51. The van der Waals surface area contributed by atoms with Crippen molar-refractivity contribution in [1.82, 2.24) is 10.8 Å². The van der Waals surface area contributed by atoms with Gasteiger partial charge in [-0.2, -0.15) is 0 Å². The van der Waals surface area contributed by atoms with E-state index in [1.165, 1.54) is 12.1 Å². The van der Waals surface area contributed by atoms with Gasteiger partial charge in [-0.15, -0.1) is 0 Å². The molecule has 1 saturated carbocycles. The number of halogens is 2. The molecular formula is C16H20ClFN2O3. The Morgan fingerprint density at radius 3 is 2.91 bits per heavy atom. The summed E-state index contributed by atoms with van der Waals surface area (Å²) < 4.78 is 18.5. The van der Waals surface area contributed by atoms with Gasteiger partial charge in [-0.25, -0.2) is 19.5 Å². The first-order chi connectivity index (χ1) is 11.1. The van der Waals surface area contributed by atoms with Crippen molar-refractivity contribution >= 4 is 17.6 Å². The summed E-state index contributed by atoms with van der Waals surface area (Å²) in [5.41, 5.74) is 3.03. The lowest BCUT2D eigenvalue weighted by Crippen LogP contribution is -2.42. The molecule has 7 heteroatoms. The van der Waals surface area contributed by atoms with E-state index in [9.17, 15) is 9.18 Å². The number of urea groups is 1. The fourth-order valence-corrected chi connectivity index (χ4v) is 3.19. The predicted molar refractivity (Wildman–Crippen MR) is 83.5 cm³/mol. The van der Waals surface area contributed by atoms with E-state index < -0.39 is 6.03 Å². The highest BCUT2D eigenvalue weighted by Crippen LogP contribution is 2.50. The summed E-state index contributed by atoms with van der Waals surface area (Å²) in [6.45, 7) is 1.08. The van der Waals surface area contributed by atoms with Gasteiger partial charge in [-0.1, -0.05) is 17.7 Å². The number of nitrogens with one attached hydrogen (secondary N) is 2. The Kier molecular flexibility index (Phi) is 5.04. The largest absolute Gasteiger partial charge is 0.350 e. The first-order valence-electron chi connectivity index (χ1n) is 7.86. The van der Waals surface area contributed by atoms with Crippen LogP contribution in [-0.4, -0.2) is 25.5 Å². The van der Waals surface area contributed by atoms with Crippen LogP contribution in [0.25, 0.3) is 0 Å². The van der Waals surface area contributed by atoms with Crippen LogP contribution >= 0.6 is 11.6 Å². The van der Waals surface area contributed by atoms with E-state index in [0.29, 0.717) is 18.2 Å². The van der Waals surface area contributed by atoms with Crippen LogP contribution in [-0.2, 0) is 15.0 Å². The van der Waals surface area contributed by atoms with E-state index in [2.05, 4.69) is 10.8 Å². The monoisotopic (exact) mass is 342 g/mol. The fourth-order valence-electron chi connectivity index (χ4n) is 2.82. The summed E-state index contributed by atoms with van der Waals surface area (Å²) in [6.07, 6.45) is 4.26. The molecule has 0 bridgehead atoms. The number of hydrogen-bond donors (Lipinski definition) is 2. The van der Waals surface area contributed by atoms with Crippen LogP contribution in [0.15, 0.2) is 18.2 Å². The maximum Gasteiger partial charge on any atom is 0.338 e. The van der Waals surface area contributed by atoms with Crippen LogP contribution in [0.2, 0.25) is 5.02 Å². The molecule has 0 radical (unpaired) electrons. The second-order valence-electron chi connectivity index (χ2n) is 6.10. The molecule has 1 atom stereocenters. The Hall–Kier alpha value is -1.37. The molecule has 0 spiro atoms. The third kappa shape index (κ3) is 4.13. The number of rotatable bonds is 5. The van der Waals surface area contributed by atoms with E-state index in [1.807, 2.05) is 0 Å². The predicted octanol–water partition coefficient (Wildman–Crippen LogP) is 3.27. The normalized spacial score (nSPS) is 22.4. The SMILES string of the molecule is O=C(NCC1(c2ccc(F)cc2Cl)CC1)NO[C@H]1CCCCO1. The van der Waals surface area contributed by atoms with Crippen LogP contribution in [0, 0.1) is 5.82 Å². The summed E-state index contributed by atoms with van der Waals surface area (Å²) in [5.74, 6) is -0.360. The van der Waals surface area contributed by atoms with Crippen LogP contribution in [0.5, 0.6) is 0 Å². The van der Waals surface area contributed by atoms with Gasteiger partial charge >= 0.3 is 6.03 Å². The Balaban J connectivity index is 1.48. The van der Waals surface area contributed by atoms with E-state index in [1.54, 1.807) is 6.07 Å². The van der Waals surface area contributed by atoms with Gasteiger partial charge in [0.15, 0.2) is 6.29 Å². The zero-order valence-electron chi connectivity index (χ0n) is 12.7. The molecule has 126 valence electrons. The lowest BCUT2D eigenvalue weighted by atomic mass is 9.96. The van der Waals surface area contributed by atoms with Crippen LogP contribution in [0.4, 0.5) is 9.18 Å². The van der Waals surface area contributed by atoms with Crippen LogP contribution in [0.3, 0.4) is 0 Å². The van der Waals surface area contributed by atoms with Gasteiger partial charge in [-0.3, -0.25) is 0 Å². The van der Waals surface area contributed by atoms with Crippen molar-refractivity contribution in [2.75, 3.05) is 13.2 Å². The number of hydrogen-bond acceptors (Lipinski definition) is 3. The molecule has 1 aromatic rings. The lowest BCUT2D eigenvalue weighted by Gasteiger charge is -2.23. The Morgan fingerprint density at radius 2 is 2.26 bits per heavy atom. The third-order valence-corrected chi connectivity index (χ3v) is 4.68. The zero-order chi connectivity index (χ0) is 16.3. The maximum absolute atomic E-state index is 13.2. The first kappa shape index (κ1) is 16.5. The highest BCUT2D eigenvalue weighted by Gasteiger charge is 2.45. The van der Waals surface area contributed by atoms with Gasteiger partial charge in [0.05, 0.1) is 0 Å². The smallest absolute Gasteiger partial charge is 0.338 e. The van der Waals surface area contributed by atoms with Gasteiger partial charge in [0.2, 0.25) is 0 Å². The number of hydroxylamine groups is 1. The Labute approximate surface area is 139 Å². The van der Waals surface area contributed by atoms with Gasteiger partial charge in [0.1, 0.15) is 5.82 Å². The topological polar surface area (TPSA) is 59.6 Å². The van der Waals surface area contributed by atoms with E-state index in [4.69, 9.17) is 21.2 Å². The molecule has 1 aromatic carbocycles. The molecule has 2 amide bonds. The molecule has 2 aliphatic rings. The van der Waals surface area contributed by atoms with Gasteiger partial charge in [-0.05, 0) is 43.4 Å². The number of benzene rings is 1. The third-order valence-electron chi connectivity index (χ3n) is 4.36. The quantitative estimate of drug-likeness (QED) is 0.807. The molecule has 1 aliphatic heterocycles. The van der Waals surface area contributed by atoms with Crippen LogP contribution in [0.1, 0.15) is 37.7 Å². The van der Waals surface area contributed by atoms with Gasteiger partial charge in [0.25, 0.3) is 0 Å². The molecule has 1 heterocycles. The molecule has 1 saturated heterocycles. The van der Waals surface area contributed by atoms with Crippen molar-refractivity contribution in [2.45, 2.75) is 43.8 Å². The summed E-state index contributed by atoms with van der Waals surface area (Å²) in [7, 11) is 0. The Bertz CT molecular complexity index is 574. The summed E-state index contributed by atoms with van der Waals surface area (Å²) in [5, 5.41) is 3.18. The first-order valence-corrected chi connectivity index (χ1v) is 8.23. The number of ether oxygens (including phenoxy) is 1. The molecule has 5 nitrogen and oxygen atoms in total. The van der Waals surface area contributed by atoms with E-state index in [-0.39, 0.29) is 17.5 Å². The molecule has 2 N–H and O–H groups in total. The van der Waals surface area contributed by atoms with Crippen LogP contribution < -0.4 is 10.8 Å². The highest BCUT2D eigenvalue weighted by molar-refractivity contribution is 6.31. The summed E-state index contributed by atoms with van der Waals surface area (Å²) in [6, 6.07) is 3.98.